The zero-order valence-electron chi connectivity index (χ0n) is 13.6. The van der Waals surface area contributed by atoms with Gasteiger partial charge < -0.3 is 5.32 Å². The van der Waals surface area contributed by atoms with Crippen molar-refractivity contribution < 1.29 is 4.79 Å². The summed E-state index contributed by atoms with van der Waals surface area (Å²) in [6.45, 7) is 2.26. The summed E-state index contributed by atoms with van der Waals surface area (Å²) in [5, 5.41) is 3.35. The zero-order chi connectivity index (χ0) is 15.2. The molecule has 118 valence electrons. The van der Waals surface area contributed by atoms with Crippen LogP contribution >= 0.6 is 0 Å². The van der Waals surface area contributed by atoms with Gasteiger partial charge in [-0.3, -0.25) is 4.79 Å². The van der Waals surface area contributed by atoms with Gasteiger partial charge in [0.1, 0.15) is 0 Å². The van der Waals surface area contributed by atoms with Crippen molar-refractivity contribution in [3.63, 3.8) is 0 Å². The molecule has 0 saturated heterocycles. The van der Waals surface area contributed by atoms with E-state index in [4.69, 9.17) is 0 Å². The third kappa shape index (κ3) is 2.57. The molecule has 4 fully saturated rings. The van der Waals surface area contributed by atoms with Crippen molar-refractivity contribution in [2.45, 2.75) is 57.9 Å². The number of hydrogen-bond donors (Lipinski definition) is 1. The monoisotopic (exact) mass is 297 g/mol. The summed E-state index contributed by atoms with van der Waals surface area (Å²) >= 11 is 0. The lowest BCUT2D eigenvalue weighted by molar-refractivity contribution is -0.125. The van der Waals surface area contributed by atoms with Gasteiger partial charge in [-0.1, -0.05) is 30.3 Å². The number of carbonyl (C=O) groups is 1. The molecule has 5 rings (SSSR count). The van der Waals surface area contributed by atoms with Crippen molar-refractivity contribution in [2.24, 2.45) is 23.2 Å². The quantitative estimate of drug-likeness (QED) is 0.896. The van der Waals surface area contributed by atoms with Crippen LogP contribution in [0.3, 0.4) is 0 Å². The fourth-order valence-electron chi connectivity index (χ4n) is 5.93. The summed E-state index contributed by atoms with van der Waals surface area (Å²) in [5.74, 6) is 3.02. The Hall–Kier alpha value is -1.31. The molecule has 4 aliphatic carbocycles. The van der Waals surface area contributed by atoms with Crippen molar-refractivity contribution in [3.05, 3.63) is 35.9 Å². The molecule has 1 aromatic carbocycles. The molecule has 0 radical (unpaired) electrons. The van der Waals surface area contributed by atoms with Crippen LogP contribution in [0.2, 0.25) is 0 Å². The minimum atomic E-state index is 0.189. The van der Waals surface area contributed by atoms with Crippen molar-refractivity contribution in [1.29, 1.82) is 0 Å². The van der Waals surface area contributed by atoms with E-state index < -0.39 is 0 Å². The highest BCUT2D eigenvalue weighted by atomic mass is 16.1. The average molecular weight is 297 g/mol. The molecule has 1 unspecified atom stereocenters. The van der Waals surface area contributed by atoms with Gasteiger partial charge in [-0.25, -0.2) is 0 Å². The van der Waals surface area contributed by atoms with Crippen LogP contribution in [0.4, 0.5) is 0 Å². The Bertz CT molecular complexity index is 515. The Morgan fingerprint density at radius 3 is 2.18 bits per heavy atom. The van der Waals surface area contributed by atoms with E-state index >= 15 is 0 Å². The molecule has 22 heavy (non-hydrogen) atoms. The third-order valence-corrected chi connectivity index (χ3v) is 6.59. The molecule has 4 saturated carbocycles. The molecule has 1 atom stereocenters. The van der Waals surface area contributed by atoms with Crippen LogP contribution in [-0.2, 0) is 11.2 Å². The first-order valence-electron chi connectivity index (χ1n) is 8.96. The van der Waals surface area contributed by atoms with Crippen LogP contribution in [0.1, 0.15) is 51.0 Å². The van der Waals surface area contributed by atoms with E-state index in [0.29, 0.717) is 17.9 Å². The lowest BCUT2D eigenvalue weighted by Crippen LogP contribution is -2.56. The van der Waals surface area contributed by atoms with Crippen molar-refractivity contribution in [2.75, 3.05) is 0 Å². The second kappa shape index (κ2) is 5.40. The molecular formula is C20H27NO. The minimum absolute atomic E-state index is 0.189. The summed E-state index contributed by atoms with van der Waals surface area (Å²) in [6, 6.07) is 10.4. The van der Waals surface area contributed by atoms with Crippen molar-refractivity contribution in [3.8, 4) is 0 Å². The molecule has 1 N–H and O–H groups in total. The van der Waals surface area contributed by atoms with Crippen LogP contribution in [0.25, 0.3) is 0 Å². The first-order valence-corrected chi connectivity index (χ1v) is 8.96. The van der Waals surface area contributed by atoms with Crippen molar-refractivity contribution in [1.82, 2.24) is 5.32 Å². The Balaban J connectivity index is 1.41. The normalized spacial score (nSPS) is 37.0. The lowest BCUT2D eigenvalue weighted by Gasteiger charge is -2.59. The summed E-state index contributed by atoms with van der Waals surface area (Å²) in [5.41, 5.74) is 1.51. The summed E-state index contributed by atoms with van der Waals surface area (Å²) in [6.07, 6.45) is 8.96. The number of hydrogen-bond acceptors (Lipinski definition) is 1. The highest BCUT2D eigenvalue weighted by molar-refractivity contribution is 5.78. The average Bonchev–Trinajstić information content (AvgIpc) is 2.46. The van der Waals surface area contributed by atoms with Gasteiger partial charge in [0.2, 0.25) is 5.91 Å². The second-order valence-corrected chi connectivity index (χ2v) is 8.23. The van der Waals surface area contributed by atoms with E-state index in [-0.39, 0.29) is 5.91 Å². The molecule has 2 nitrogen and oxygen atoms in total. The number of benzene rings is 1. The van der Waals surface area contributed by atoms with Gasteiger partial charge in [-0.15, -0.1) is 0 Å². The SMILES string of the molecule is CC(NC(=O)Cc1ccccc1)C12CC3CC(CC(C3)C1)C2. The molecule has 4 bridgehead atoms. The number of rotatable bonds is 4. The molecular weight excluding hydrogens is 270 g/mol. The van der Waals surface area contributed by atoms with E-state index in [2.05, 4.69) is 12.2 Å². The van der Waals surface area contributed by atoms with Gasteiger partial charge in [0, 0.05) is 6.04 Å². The fourth-order valence-corrected chi connectivity index (χ4v) is 5.93. The maximum absolute atomic E-state index is 12.4. The molecule has 4 aliphatic rings. The standard InChI is InChI=1S/C20H27NO/c1-14(21-19(22)10-15-5-3-2-4-6-15)20-11-16-7-17(12-20)9-18(8-16)13-20/h2-6,14,16-18H,7-13H2,1H3,(H,21,22). The molecule has 2 heteroatoms. The summed E-state index contributed by atoms with van der Waals surface area (Å²) in [4.78, 5) is 12.4. The van der Waals surface area contributed by atoms with E-state index in [0.717, 1.165) is 23.3 Å². The van der Waals surface area contributed by atoms with Crippen LogP contribution in [-0.4, -0.2) is 11.9 Å². The smallest absolute Gasteiger partial charge is 0.224 e. The first kappa shape index (κ1) is 14.3. The van der Waals surface area contributed by atoms with Gasteiger partial charge in [0.05, 0.1) is 6.42 Å². The topological polar surface area (TPSA) is 29.1 Å². The van der Waals surface area contributed by atoms with Crippen LogP contribution in [0, 0.1) is 23.2 Å². The third-order valence-electron chi connectivity index (χ3n) is 6.59. The Kier molecular flexibility index (Phi) is 3.51. The molecule has 0 heterocycles. The summed E-state index contributed by atoms with van der Waals surface area (Å²) < 4.78 is 0. The van der Waals surface area contributed by atoms with Crippen molar-refractivity contribution >= 4 is 5.91 Å². The van der Waals surface area contributed by atoms with Gasteiger partial charge in [0.25, 0.3) is 0 Å². The van der Waals surface area contributed by atoms with E-state index in [1.807, 2.05) is 30.3 Å². The number of carbonyl (C=O) groups excluding carboxylic acids is 1. The second-order valence-electron chi connectivity index (χ2n) is 8.23. The molecule has 1 amide bonds. The van der Waals surface area contributed by atoms with E-state index in [1.54, 1.807) is 0 Å². The molecule has 0 aromatic heterocycles. The maximum atomic E-state index is 12.4. The Labute approximate surface area is 133 Å². The van der Waals surface area contributed by atoms with Gasteiger partial charge in [0.15, 0.2) is 0 Å². The predicted molar refractivity (Wildman–Crippen MR) is 88.4 cm³/mol. The minimum Gasteiger partial charge on any atom is -0.353 e. The lowest BCUT2D eigenvalue weighted by atomic mass is 9.48. The predicted octanol–water partition coefficient (Wildman–Crippen LogP) is 3.95. The van der Waals surface area contributed by atoms with Gasteiger partial charge in [-0.2, -0.15) is 0 Å². The first-order chi connectivity index (χ1) is 10.6. The largest absolute Gasteiger partial charge is 0.353 e. The highest BCUT2D eigenvalue weighted by Crippen LogP contribution is 2.61. The summed E-state index contributed by atoms with van der Waals surface area (Å²) in [7, 11) is 0. The highest BCUT2D eigenvalue weighted by Gasteiger charge is 2.53. The molecule has 0 spiro atoms. The fraction of sp³-hybridized carbons (Fsp3) is 0.650. The molecule has 1 aromatic rings. The van der Waals surface area contributed by atoms with Crippen LogP contribution in [0.15, 0.2) is 30.3 Å². The van der Waals surface area contributed by atoms with E-state index in [1.165, 1.54) is 38.5 Å². The van der Waals surface area contributed by atoms with Crippen LogP contribution < -0.4 is 5.32 Å². The number of nitrogens with one attached hydrogen (secondary N) is 1. The zero-order valence-corrected chi connectivity index (χ0v) is 13.6. The maximum Gasteiger partial charge on any atom is 0.224 e. The van der Waals surface area contributed by atoms with Gasteiger partial charge >= 0.3 is 0 Å². The van der Waals surface area contributed by atoms with Gasteiger partial charge in [-0.05, 0) is 74.2 Å². The number of amides is 1. The Morgan fingerprint density at radius 1 is 1.09 bits per heavy atom. The Morgan fingerprint density at radius 2 is 1.64 bits per heavy atom. The van der Waals surface area contributed by atoms with E-state index in [9.17, 15) is 4.79 Å². The van der Waals surface area contributed by atoms with Crippen LogP contribution in [0.5, 0.6) is 0 Å². The molecule has 0 aliphatic heterocycles.